The van der Waals surface area contributed by atoms with Crippen molar-refractivity contribution in [1.82, 2.24) is 0 Å². The van der Waals surface area contributed by atoms with Gasteiger partial charge in [-0.3, -0.25) is 4.18 Å². The van der Waals surface area contributed by atoms with Gasteiger partial charge in [0.05, 0.1) is 11.0 Å². The molecule has 4 nitrogen and oxygen atoms in total. The van der Waals surface area contributed by atoms with Crippen molar-refractivity contribution >= 4 is 10.1 Å². The lowest BCUT2D eigenvalue weighted by atomic mass is 9.90. The number of aryl methyl sites for hydroxylation is 1. The molecule has 31 heavy (non-hydrogen) atoms. The Kier molecular flexibility index (Phi) is 8.02. The zero-order valence-corrected chi connectivity index (χ0v) is 19.0. The molecule has 164 valence electrons. The molecule has 0 aliphatic heterocycles. The largest absolute Gasteiger partial charge is 0.327 e. The van der Waals surface area contributed by atoms with E-state index in [9.17, 15) is 8.42 Å². The summed E-state index contributed by atoms with van der Waals surface area (Å²) < 4.78 is 31.8. The van der Waals surface area contributed by atoms with Gasteiger partial charge >= 0.3 is 0 Å². The third-order valence-corrected chi connectivity index (χ3v) is 6.82. The van der Waals surface area contributed by atoms with Crippen LogP contribution < -0.4 is 5.73 Å². The van der Waals surface area contributed by atoms with Crippen LogP contribution >= 0.6 is 0 Å². The number of rotatable bonds is 10. The van der Waals surface area contributed by atoms with Crippen LogP contribution in [0.25, 0.3) is 0 Å². The molecule has 0 aliphatic rings. The van der Waals surface area contributed by atoms with Gasteiger partial charge < -0.3 is 5.73 Å². The van der Waals surface area contributed by atoms with Crippen molar-refractivity contribution in [3.8, 4) is 0 Å². The minimum Gasteiger partial charge on any atom is -0.327 e. The number of hydrogen-bond acceptors (Lipinski definition) is 4. The van der Waals surface area contributed by atoms with Crippen LogP contribution in [0.4, 0.5) is 0 Å². The van der Waals surface area contributed by atoms with E-state index in [1.54, 1.807) is 24.3 Å². The van der Waals surface area contributed by atoms with Gasteiger partial charge in [0.1, 0.15) is 0 Å². The molecule has 0 amide bonds. The molecule has 0 bridgehead atoms. The van der Waals surface area contributed by atoms with Crippen molar-refractivity contribution in [2.45, 2.75) is 50.2 Å². The maximum absolute atomic E-state index is 13.0. The van der Waals surface area contributed by atoms with Crippen LogP contribution in [0.2, 0.25) is 0 Å². The molecule has 0 fully saturated rings. The standard InChI is InChI=1S/C26H31NO3S/c1-20-13-15-25(16-14-20)31(28,29)30-26(21(2)17-22-9-5-3-6-10-22)19-24(27)18-23-11-7-4-8-12-23/h3-16,21,24,26H,17-19,27H2,1-2H3/t21-,24-,26-/m0/s1. The predicted molar refractivity (Wildman–Crippen MR) is 125 cm³/mol. The third kappa shape index (κ3) is 7.03. The van der Waals surface area contributed by atoms with Gasteiger partial charge in [-0.25, -0.2) is 0 Å². The average molecular weight is 438 g/mol. The first-order valence-corrected chi connectivity index (χ1v) is 12.1. The first kappa shape index (κ1) is 23.2. The Morgan fingerprint density at radius 1 is 0.806 bits per heavy atom. The fourth-order valence-corrected chi connectivity index (χ4v) is 4.88. The number of benzene rings is 3. The molecule has 0 unspecified atom stereocenters. The molecule has 0 aromatic heterocycles. The zero-order valence-electron chi connectivity index (χ0n) is 18.1. The number of nitrogens with two attached hydrogens (primary N) is 1. The third-order valence-electron chi connectivity index (χ3n) is 5.47. The van der Waals surface area contributed by atoms with Crippen LogP contribution in [-0.4, -0.2) is 20.6 Å². The lowest BCUT2D eigenvalue weighted by Gasteiger charge is -2.27. The van der Waals surface area contributed by atoms with Crippen LogP contribution in [0.1, 0.15) is 30.0 Å². The summed E-state index contributed by atoms with van der Waals surface area (Å²) in [5, 5.41) is 0. The molecule has 3 rings (SSSR count). The van der Waals surface area contributed by atoms with E-state index in [1.807, 2.05) is 74.5 Å². The highest BCUT2D eigenvalue weighted by Gasteiger charge is 2.28. The molecule has 0 saturated heterocycles. The van der Waals surface area contributed by atoms with Gasteiger partial charge in [0.2, 0.25) is 0 Å². The SMILES string of the molecule is Cc1ccc(S(=O)(=O)O[C@@H](C[C@@H](N)Cc2ccccc2)[C@@H](C)Cc2ccccc2)cc1. The Morgan fingerprint density at radius 3 is 1.87 bits per heavy atom. The summed E-state index contributed by atoms with van der Waals surface area (Å²) >= 11 is 0. The van der Waals surface area contributed by atoms with Crippen LogP contribution in [0.15, 0.2) is 89.8 Å². The summed E-state index contributed by atoms with van der Waals surface area (Å²) in [4.78, 5) is 0.173. The zero-order chi connectivity index (χ0) is 22.3. The highest BCUT2D eigenvalue weighted by molar-refractivity contribution is 7.86. The summed E-state index contributed by atoms with van der Waals surface area (Å²) in [6.07, 6.45) is 1.31. The topological polar surface area (TPSA) is 69.4 Å². The Labute approximate surface area is 186 Å². The van der Waals surface area contributed by atoms with Gasteiger partial charge in [0.25, 0.3) is 10.1 Å². The van der Waals surface area contributed by atoms with Gasteiger partial charge in [-0.15, -0.1) is 0 Å². The maximum atomic E-state index is 13.0. The van der Waals surface area contributed by atoms with Gasteiger partial charge in [-0.1, -0.05) is 85.3 Å². The molecule has 5 heteroatoms. The minimum atomic E-state index is -3.89. The second-order valence-electron chi connectivity index (χ2n) is 8.25. The second-order valence-corrected chi connectivity index (χ2v) is 9.83. The van der Waals surface area contributed by atoms with Gasteiger partial charge in [0, 0.05) is 6.04 Å². The summed E-state index contributed by atoms with van der Waals surface area (Å²) in [7, 11) is -3.89. The van der Waals surface area contributed by atoms with Gasteiger partial charge in [0.15, 0.2) is 0 Å². The lowest BCUT2D eigenvalue weighted by molar-refractivity contribution is 0.132. The van der Waals surface area contributed by atoms with Crippen molar-refractivity contribution in [2.24, 2.45) is 11.7 Å². The van der Waals surface area contributed by atoms with Crippen molar-refractivity contribution in [3.05, 3.63) is 102 Å². The van der Waals surface area contributed by atoms with E-state index >= 15 is 0 Å². The Bertz CT molecular complexity index is 1040. The van der Waals surface area contributed by atoms with Gasteiger partial charge in [-0.2, -0.15) is 8.42 Å². The van der Waals surface area contributed by atoms with E-state index in [0.29, 0.717) is 19.3 Å². The first-order valence-electron chi connectivity index (χ1n) is 10.7. The smallest absolute Gasteiger partial charge is 0.297 e. The Hall–Kier alpha value is -2.47. The fraction of sp³-hybridized carbons (Fsp3) is 0.308. The van der Waals surface area contributed by atoms with Crippen molar-refractivity contribution in [1.29, 1.82) is 0 Å². The fourth-order valence-electron chi connectivity index (χ4n) is 3.71. The van der Waals surface area contributed by atoms with Crippen LogP contribution in [-0.2, 0) is 27.1 Å². The molecule has 0 saturated carbocycles. The van der Waals surface area contributed by atoms with Crippen molar-refractivity contribution in [2.75, 3.05) is 0 Å². The Balaban J connectivity index is 1.78. The molecule has 3 aromatic rings. The maximum Gasteiger partial charge on any atom is 0.297 e. The van der Waals surface area contributed by atoms with Crippen LogP contribution in [0.3, 0.4) is 0 Å². The van der Waals surface area contributed by atoms with Crippen LogP contribution in [0, 0.1) is 12.8 Å². The summed E-state index contributed by atoms with van der Waals surface area (Å²) in [5.41, 5.74) is 9.72. The molecule has 0 radical (unpaired) electrons. The molecule has 3 atom stereocenters. The molecular weight excluding hydrogens is 406 g/mol. The van der Waals surface area contributed by atoms with E-state index in [2.05, 4.69) is 0 Å². The van der Waals surface area contributed by atoms with E-state index in [0.717, 1.165) is 16.7 Å². The molecule has 2 N–H and O–H groups in total. The highest BCUT2D eigenvalue weighted by atomic mass is 32.2. The molecule has 3 aromatic carbocycles. The van der Waals surface area contributed by atoms with Crippen LogP contribution in [0.5, 0.6) is 0 Å². The van der Waals surface area contributed by atoms with Gasteiger partial charge in [-0.05, 0) is 55.4 Å². The average Bonchev–Trinajstić information content (AvgIpc) is 2.75. The quantitative estimate of drug-likeness (QED) is 0.458. The first-order chi connectivity index (χ1) is 14.8. The normalized spacial score (nSPS) is 14.7. The second kappa shape index (κ2) is 10.7. The molecule has 0 heterocycles. The van der Waals surface area contributed by atoms with Crippen molar-refractivity contribution < 1.29 is 12.6 Å². The summed E-state index contributed by atoms with van der Waals surface area (Å²) in [6.45, 7) is 3.95. The minimum absolute atomic E-state index is 0.0237. The molecular formula is C26H31NO3S. The Morgan fingerprint density at radius 2 is 1.32 bits per heavy atom. The van der Waals surface area contributed by atoms with Crippen molar-refractivity contribution in [3.63, 3.8) is 0 Å². The summed E-state index contributed by atoms with van der Waals surface area (Å²) in [5.74, 6) is -0.0237. The predicted octanol–water partition coefficient (Wildman–Crippen LogP) is 4.91. The molecule has 0 spiro atoms. The highest BCUT2D eigenvalue weighted by Crippen LogP contribution is 2.24. The molecule has 0 aliphatic carbocycles. The van der Waals surface area contributed by atoms with E-state index in [4.69, 9.17) is 9.92 Å². The summed E-state index contributed by atoms with van der Waals surface area (Å²) in [6, 6.07) is 26.6. The van der Waals surface area contributed by atoms with E-state index in [-0.39, 0.29) is 16.9 Å². The number of hydrogen-bond donors (Lipinski definition) is 1. The van der Waals surface area contributed by atoms with E-state index in [1.165, 1.54) is 0 Å². The van der Waals surface area contributed by atoms with E-state index < -0.39 is 16.2 Å². The monoisotopic (exact) mass is 437 g/mol. The lowest BCUT2D eigenvalue weighted by Crippen LogP contribution is -2.35.